The van der Waals surface area contributed by atoms with Crippen LogP contribution in [0.1, 0.15) is 36.2 Å². The van der Waals surface area contributed by atoms with E-state index in [0.717, 1.165) is 16.8 Å². The van der Waals surface area contributed by atoms with Crippen molar-refractivity contribution >= 4 is 40.4 Å². The van der Waals surface area contributed by atoms with E-state index in [1.165, 1.54) is 22.7 Å². The summed E-state index contributed by atoms with van der Waals surface area (Å²) in [5.41, 5.74) is 2.63. The highest BCUT2D eigenvalue weighted by atomic mass is 32.1. The van der Waals surface area contributed by atoms with Gasteiger partial charge in [-0.2, -0.15) is 5.10 Å². The molecule has 0 aromatic carbocycles. The number of amides is 1. The van der Waals surface area contributed by atoms with Crippen LogP contribution in [0.5, 0.6) is 0 Å². The third kappa shape index (κ3) is 4.03. The third-order valence-electron chi connectivity index (χ3n) is 3.80. The van der Waals surface area contributed by atoms with Crippen molar-refractivity contribution in [2.75, 3.05) is 11.9 Å². The zero-order valence-corrected chi connectivity index (χ0v) is 16.4. The molecule has 0 atom stereocenters. The average Bonchev–Trinajstić information content (AvgIpc) is 3.28. The topological polar surface area (TPSA) is 73.2 Å². The largest absolute Gasteiger partial charge is 0.460 e. The smallest absolute Gasteiger partial charge is 0.348 e. The Morgan fingerprint density at radius 3 is 2.38 bits per heavy atom. The molecule has 0 bridgehead atoms. The molecule has 3 heterocycles. The normalized spacial score (nSPS) is 10.7. The first-order chi connectivity index (χ1) is 12.5. The van der Waals surface area contributed by atoms with E-state index < -0.39 is 0 Å². The van der Waals surface area contributed by atoms with Crippen LogP contribution in [0.3, 0.4) is 0 Å². The van der Waals surface area contributed by atoms with E-state index in [2.05, 4.69) is 10.4 Å². The van der Waals surface area contributed by atoms with Gasteiger partial charge in [-0.15, -0.1) is 22.7 Å². The first kappa shape index (κ1) is 18.3. The van der Waals surface area contributed by atoms with E-state index in [-0.39, 0.29) is 18.5 Å². The predicted molar refractivity (Wildman–Crippen MR) is 103 cm³/mol. The van der Waals surface area contributed by atoms with Gasteiger partial charge in [0.15, 0.2) is 0 Å². The van der Waals surface area contributed by atoms with Crippen LogP contribution in [0.15, 0.2) is 29.0 Å². The highest BCUT2D eigenvalue weighted by Gasteiger charge is 2.15. The molecule has 0 aliphatic heterocycles. The van der Waals surface area contributed by atoms with Crippen molar-refractivity contribution in [3.63, 3.8) is 0 Å². The Kier molecular flexibility index (Phi) is 5.53. The molecule has 8 heteroatoms. The Morgan fingerprint density at radius 1 is 1.12 bits per heavy atom. The van der Waals surface area contributed by atoms with Crippen LogP contribution < -0.4 is 5.32 Å². The summed E-state index contributed by atoms with van der Waals surface area (Å²) >= 11 is 2.77. The number of carbonyl (C=O) groups excluding carboxylic acids is 2. The minimum atomic E-state index is -0.332. The van der Waals surface area contributed by atoms with E-state index in [1.54, 1.807) is 10.7 Å². The zero-order valence-electron chi connectivity index (χ0n) is 14.7. The third-order valence-corrected chi connectivity index (χ3v) is 5.81. The minimum Gasteiger partial charge on any atom is -0.460 e. The van der Waals surface area contributed by atoms with Crippen LogP contribution in [0.2, 0.25) is 0 Å². The number of ether oxygens (including phenoxy) is 1. The van der Waals surface area contributed by atoms with Crippen LogP contribution >= 0.6 is 22.7 Å². The molecule has 26 heavy (non-hydrogen) atoms. The Balaban J connectivity index is 1.62. The summed E-state index contributed by atoms with van der Waals surface area (Å²) in [6.45, 7) is 6.18. The van der Waals surface area contributed by atoms with Crippen molar-refractivity contribution in [3.05, 3.63) is 55.5 Å². The quantitative estimate of drug-likeness (QED) is 0.646. The van der Waals surface area contributed by atoms with Gasteiger partial charge in [0, 0.05) is 6.07 Å². The summed E-state index contributed by atoms with van der Waals surface area (Å²) in [6.07, 6.45) is 0. The molecule has 0 saturated carbocycles. The summed E-state index contributed by atoms with van der Waals surface area (Å²) in [5, 5.41) is 11.0. The summed E-state index contributed by atoms with van der Waals surface area (Å²) < 4.78 is 6.98. The van der Waals surface area contributed by atoms with Crippen molar-refractivity contribution in [1.82, 2.24) is 9.78 Å². The molecule has 0 saturated heterocycles. The number of thiophene rings is 2. The number of anilines is 1. The van der Waals surface area contributed by atoms with Crippen molar-refractivity contribution in [1.29, 1.82) is 0 Å². The SMILES string of the molecule is Cc1cc(NC(=O)c2sccc2C)n(CCOC(=O)c2sccc2C)n1. The van der Waals surface area contributed by atoms with Gasteiger partial charge in [0.2, 0.25) is 0 Å². The molecule has 0 spiro atoms. The highest BCUT2D eigenvalue weighted by molar-refractivity contribution is 7.12. The maximum absolute atomic E-state index is 12.4. The Bertz CT molecular complexity index is 939. The Hall–Kier alpha value is -2.45. The highest BCUT2D eigenvalue weighted by Crippen LogP contribution is 2.19. The maximum Gasteiger partial charge on any atom is 0.348 e. The fraction of sp³-hybridized carbons (Fsp3) is 0.278. The molecule has 3 aromatic heterocycles. The second-order valence-electron chi connectivity index (χ2n) is 5.85. The van der Waals surface area contributed by atoms with Crippen LogP contribution in [-0.2, 0) is 11.3 Å². The van der Waals surface area contributed by atoms with E-state index in [9.17, 15) is 9.59 Å². The van der Waals surface area contributed by atoms with Crippen molar-refractivity contribution < 1.29 is 14.3 Å². The summed E-state index contributed by atoms with van der Waals surface area (Å²) in [7, 11) is 0. The van der Waals surface area contributed by atoms with Crippen molar-refractivity contribution in [2.24, 2.45) is 0 Å². The molecule has 0 aliphatic carbocycles. The Labute approximate surface area is 159 Å². The lowest BCUT2D eigenvalue weighted by molar-refractivity contribution is 0.0493. The summed E-state index contributed by atoms with van der Waals surface area (Å²) in [5.74, 6) is 0.0923. The monoisotopic (exact) mass is 389 g/mol. The fourth-order valence-electron chi connectivity index (χ4n) is 2.47. The maximum atomic E-state index is 12.4. The molecule has 1 amide bonds. The van der Waals surface area contributed by atoms with Crippen LogP contribution in [-0.4, -0.2) is 28.3 Å². The molecule has 136 valence electrons. The van der Waals surface area contributed by atoms with E-state index in [4.69, 9.17) is 4.74 Å². The Morgan fingerprint density at radius 2 is 1.77 bits per heavy atom. The lowest BCUT2D eigenvalue weighted by Gasteiger charge is -2.09. The first-order valence-corrected chi connectivity index (χ1v) is 9.82. The number of nitrogens with zero attached hydrogens (tertiary/aromatic N) is 2. The number of aryl methyl sites for hydroxylation is 3. The number of hydrogen-bond donors (Lipinski definition) is 1. The molecule has 3 aromatic rings. The second kappa shape index (κ2) is 7.84. The molecule has 1 N–H and O–H groups in total. The van der Waals surface area contributed by atoms with E-state index in [0.29, 0.717) is 22.1 Å². The molecule has 3 rings (SSSR count). The van der Waals surface area contributed by atoms with Gasteiger partial charge in [-0.25, -0.2) is 9.48 Å². The summed E-state index contributed by atoms with van der Waals surface area (Å²) in [6, 6.07) is 5.60. The van der Waals surface area contributed by atoms with Gasteiger partial charge >= 0.3 is 5.97 Å². The molecule has 0 aliphatic rings. The second-order valence-corrected chi connectivity index (χ2v) is 7.68. The van der Waals surface area contributed by atoms with Crippen molar-refractivity contribution in [2.45, 2.75) is 27.3 Å². The lowest BCUT2D eigenvalue weighted by Crippen LogP contribution is -2.18. The zero-order chi connectivity index (χ0) is 18.7. The first-order valence-electron chi connectivity index (χ1n) is 8.07. The molecule has 6 nitrogen and oxygen atoms in total. The lowest BCUT2D eigenvalue weighted by atomic mass is 10.3. The van der Waals surface area contributed by atoms with Crippen LogP contribution in [0, 0.1) is 20.8 Å². The number of hydrogen-bond acceptors (Lipinski definition) is 6. The minimum absolute atomic E-state index is 0.162. The number of nitrogens with one attached hydrogen (secondary N) is 1. The van der Waals surface area contributed by atoms with Gasteiger partial charge in [0.25, 0.3) is 5.91 Å². The average molecular weight is 390 g/mol. The number of carbonyl (C=O) groups is 2. The fourth-order valence-corrected chi connectivity index (χ4v) is 4.10. The van der Waals surface area contributed by atoms with Gasteiger partial charge in [0.05, 0.1) is 17.1 Å². The van der Waals surface area contributed by atoms with Gasteiger partial charge in [-0.1, -0.05) is 0 Å². The van der Waals surface area contributed by atoms with E-state index in [1.807, 2.05) is 43.7 Å². The van der Waals surface area contributed by atoms with Gasteiger partial charge < -0.3 is 10.1 Å². The number of esters is 1. The standard InChI is InChI=1S/C18H19N3O3S2/c1-11-4-8-25-15(11)17(22)19-14-10-13(3)20-21(14)6-7-24-18(23)16-12(2)5-9-26-16/h4-5,8-10H,6-7H2,1-3H3,(H,19,22). The predicted octanol–water partition coefficient (Wildman–Crippen LogP) is 4.04. The van der Waals surface area contributed by atoms with Crippen LogP contribution in [0.25, 0.3) is 0 Å². The van der Waals surface area contributed by atoms with E-state index >= 15 is 0 Å². The molecular weight excluding hydrogens is 370 g/mol. The molecule has 0 radical (unpaired) electrons. The number of aromatic nitrogens is 2. The summed E-state index contributed by atoms with van der Waals surface area (Å²) in [4.78, 5) is 25.8. The molecular formula is C18H19N3O3S2. The molecule has 0 fully saturated rings. The van der Waals surface area contributed by atoms with Gasteiger partial charge in [-0.05, 0) is 54.8 Å². The van der Waals surface area contributed by atoms with Crippen LogP contribution in [0.4, 0.5) is 5.82 Å². The van der Waals surface area contributed by atoms with Gasteiger partial charge in [0.1, 0.15) is 17.3 Å². The molecule has 0 unspecified atom stereocenters. The number of rotatable bonds is 6. The van der Waals surface area contributed by atoms with Crippen molar-refractivity contribution in [3.8, 4) is 0 Å². The van der Waals surface area contributed by atoms with Gasteiger partial charge in [-0.3, -0.25) is 4.79 Å².